The Morgan fingerprint density at radius 2 is 2.13 bits per heavy atom. The van der Waals surface area contributed by atoms with Crippen LogP contribution < -0.4 is 5.73 Å². The van der Waals surface area contributed by atoms with E-state index in [4.69, 9.17) is 17.3 Å². The van der Waals surface area contributed by atoms with Crippen molar-refractivity contribution in [1.29, 1.82) is 0 Å². The molecule has 1 aromatic rings. The number of hydrogen-bond donors (Lipinski definition) is 1. The predicted octanol–water partition coefficient (Wildman–Crippen LogP) is 3.71. The van der Waals surface area contributed by atoms with Gasteiger partial charge in [-0.3, -0.25) is 0 Å². The molecule has 1 nitrogen and oxygen atoms in total. The third-order valence-electron chi connectivity index (χ3n) is 2.79. The van der Waals surface area contributed by atoms with Crippen molar-refractivity contribution in [3.63, 3.8) is 0 Å². The fourth-order valence-corrected chi connectivity index (χ4v) is 1.75. The molecule has 0 aliphatic rings. The highest BCUT2D eigenvalue weighted by atomic mass is 35.5. The Bertz CT molecular complexity index is 309. The maximum Gasteiger partial charge on any atom is 0.0435 e. The predicted molar refractivity (Wildman–Crippen MR) is 67.4 cm³/mol. The lowest BCUT2D eigenvalue weighted by atomic mass is 10.0. The van der Waals surface area contributed by atoms with Crippen molar-refractivity contribution in [2.24, 2.45) is 5.73 Å². The summed E-state index contributed by atoms with van der Waals surface area (Å²) in [5.41, 5.74) is 8.39. The molecule has 0 radical (unpaired) electrons. The molecule has 0 aromatic heterocycles. The van der Waals surface area contributed by atoms with Crippen LogP contribution >= 0.6 is 11.6 Å². The summed E-state index contributed by atoms with van der Waals surface area (Å²) in [6.07, 6.45) is 4.44. The number of aryl methyl sites for hydroxylation is 2. The lowest BCUT2D eigenvalue weighted by Gasteiger charge is -2.08. The second kappa shape index (κ2) is 6.14. The topological polar surface area (TPSA) is 26.0 Å². The molecule has 0 saturated heterocycles. The second-order valence-electron chi connectivity index (χ2n) is 4.14. The van der Waals surface area contributed by atoms with Gasteiger partial charge in [0.05, 0.1) is 0 Å². The van der Waals surface area contributed by atoms with Crippen LogP contribution in [-0.4, -0.2) is 6.04 Å². The Kier molecular flexibility index (Phi) is 5.13. The van der Waals surface area contributed by atoms with Gasteiger partial charge in [0.25, 0.3) is 0 Å². The fourth-order valence-electron chi connectivity index (χ4n) is 1.63. The van der Waals surface area contributed by atoms with Crippen molar-refractivity contribution in [2.45, 2.75) is 45.6 Å². The Hall–Kier alpha value is -0.530. The molecule has 0 amide bonds. The zero-order valence-electron chi connectivity index (χ0n) is 9.59. The molecule has 0 fully saturated rings. The van der Waals surface area contributed by atoms with Crippen LogP contribution in [0.15, 0.2) is 18.2 Å². The van der Waals surface area contributed by atoms with E-state index >= 15 is 0 Å². The molecule has 1 unspecified atom stereocenters. The summed E-state index contributed by atoms with van der Waals surface area (Å²) >= 11 is 5.97. The third kappa shape index (κ3) is 4.23. The molecule has 2 N–H and O–H groups in total. The molecule has 0 aliphatic heterocycles. The first-order valence-electron chi connectivity index (χ1n) is 5.64. The van der Waals surface area contributed by atoms with Gasteiger partial charge in [0.2, 0.25) is 0 Å². The summed E-state index contributed by atoms with van der Waals surface area (Å²) in [5, 5.41) is 0.851. The van der Waals surface area contributed by atoms with Gasteiger partial charge in [0, 0.05) is 11.1 Å². The molecule has 84 valence electrons. The number of rotatable bonds is 5. The van der Waals surface area contributed by atoms with Crippen LogP contribution in [-0.2, 0) is 6.42 Å². The molecule has 0 saturated carbocycles. The SMILES string of the molecule is CCC(N)CCCc1ccc(Cl)c(C)c1. The van der Waals surface area contributed by atoms with E-state index in [2.05, 4.69) is 19.1 Å². The molecule has 0 heterocycles. The normalized spacial score (nSPS) is 12.8. The third-order valence-corrected chi connectivity index (χ3v) is 3.21. The monoisotopic (exact) mass is 225 g/mol. The van der Waals surface area contributed by atoms with E-state index in [0.29, 0.717) is 6.04 Å². The summed E-state index contributed by atoms with van der Waals surface area (Å²) in [4.78, 5) is 0. The van der Waals surface area contributed by atoms with Crippen molar-refractivity contribution >= 4 is 11.6 Å². The first-order chi connectivity index (χ1) is 7.13. The molecular formula is C13H20ClN. The van der Waals surface area contributed by atoms with Gasteiger partial charge in [-0.05, 0) is 49.8 Å². The highest BCUT2D eigenvalue weighted by Gasteiger charge is 2.01. The summed E-state index contributed by atoms with van der Waals surface area (Å²) in [6, 6.07) is 6.61. The number of benzene rings is 1. The highest BCUT2D eigenvalue weighted by Crippen LogP contribution is 2.17. The Balaban J connectivity index is 2.41. The molecule has 1 atom stereocenters. The standard InChI is InChI=1S/C13H20ClN/c1-3-12(15)6-4-5-11-7-8-13(14)10(2)9-11/h7-9,12H,3-6,15H2,1-2H3. The second-order valence-corrected chi connectivity index (χ2v) is 4.55. The zero-order valence-corrected chi connectivity index (χ0v) is 10.3. The van der Waals surface area contributed by atoms with Crippen LogP contribution in [0.25, 0.3) is 0 Å². The van der Waals surface area contributed by atoms with Gasteiger partial charge in [-0.2, -0.15) is 0 Å². The molecule has 0 aliphatic carbocycles. The summed E-state index contributed by atoms with van der Waals surface area (Å²) in [5.74, 6) is 0. The van der Waals surface area contributed by atoms with Gasteiger partial charge < -0.3 is 5.73 Å². The van der Waals surface area contributed by atoms with Crippen molar-refractivity contribution in [3.8, 4) is 0 Å². The van der Waals surface area contributed by atoms with Crippen molar-refractivity contribution < 1.29 is 0 Å². The van der Waals surface area contributed by atoms with Crippen LogP contribution in [0.3, 0.4) is 0 Å². The number of halogens is 1. The van der Waals surface area contributed by atoms with Gasteiger partial charge in [-0.25, -0.2) is 0 Å². The zero-order chi connectivity index (χ0) is 11.3. The minimum atomic E-state index is 0.360. The van der Waals surface area contributed by atoms with Crippen LogP contribution in [0.5, 0.6) is 0 Å². The van der Waals surface area contributed by atoms with Crippen LogP contribution in [0.4, 0.5) is 0 Å². The smallest absolute Gasteiger partial charge is 0.0435 e. The first kappa shape index (κ1) is 12.5. The number of hydrogen-bond acceptors (Lipinski definition) is 1. The highest BCUT2D eigenvalue weighted by molar-refractivity contribution is 6.31. The first-order valence-corrected chi connectivity index (χ1v) is 6.02. The van der Waals surface area contributed by atoms with Gasteiger partial charge in [0.1, 0.15) is 0 Å². The van der Waals surface area contributed by atoms with Gasteiger partial charge >= 0.3 is 0 Å². The van der Waals surface area contributed by atoms with Crippen molar-refractivity contribution in [3.05, 3.63) is 34.3 Å². The fraction of sp³-hybridized carbons (Fsp3) is 0.538. The molecule has 1 rings (SSSR count). The maximum absolute atomic E-state index is 5.97. The van der Waals surface area contributed by atoms with E-state index in [1.54, 1.807) is 0 Å². The minimum Gasteiger partial charge on any atom is -0.328 e. The molecule has 0 bridgehead atoms. The molecule has 0 spiro atoms. The quantitative estimate of drug-likeness (QED) is 0.813. The van der Waals surface area contributed by atoms with Gasteiger partial charge in [0.15, 0.2) is 0 Å². The molecule has 15 heavy (non-hydrogen) atoms. The minimum absolute atomic E-state index is 0.360. The van der Waals surface area contributed by atoms with E-state index in [1.165, 1.54) is 5.56 Å². The van der Waals surface area contributed by atoms with E-state index in [0.717, 1.165) is 36.3 Å². The summed E-state index contributed by atoms with van der Waals surface area (Å²) in [6.45, 7) is 4.18. The Labute approximate surface area is 97.6 Å². The van der Waals surface area contributed by atoms with Gasteiger partial charge in [-0.15, -0.1) is 0 Å². The summed E-state index contributed by atoms with van der Waals surface area (Å²) < 4.78 is 0. The lowest BCUT2D eigenvalue weighted by Crippen LogP contribution is -2.18. The molecule has 2 heteroatoms. The summed E-state index contributed by atoms with van der Waals surface area (Å²) in [7, 11) is 0. The van der Waals surface area contributed by atoms with Gasteiger partial charge in [-0.1, -0.05) is 30.7 Å². The average Bonchev–Trinajstić information content (AvgIpc) is 2.23. The molecular weight excluding hydrogens is 206 g/mol. The van der Waals surface area contributed by atoms with E-state index < -0.39 is 0 Å². The van der Waals surface area contributed by atoms with Crippen molar-refractivity contribution in [1.82, 2.24) is 0 Å². The number of nitrogens with two attached hydrogens (primary N) is 1. The Morgan fingerprint density at radius 1 is 1.40 bits per heavy atom. The lowest BCUT2D eigenvalue weighted by molar-refractivity contribution is 0.568. The van der Waals surface area contributed by atoms with Crippen LogP contribution in [0.1, 0.15) is 37.3 Å². The van der Waals surface area contributed by atoms with E-state index in [-0.39, 0.29) is 0 Å². The van der Waals surface area contributed by atoms with E-state index in [1.807, 2.05) is 13.0 Å². The molecule has 1 aromatic carbocycles. The van der Waals surface area contributed by atoms with Crippen LogP contribution in [0.2, 0.25) is 5.02 Å². The largest absolute Gasteiger partial charge is 0.328 e. The van der Waals surface area contributed by atoms with E-state index in [9.17, 15) is 0 Å². The average molecular weight is 226 g/mol. The van der Waals surface area contributed by atoms with Crippen LogP contribution in [0, 0.1) is 6.92 Å². The maximum atomic E-state index is 5.97. The van der Waals surface area contributed by atoms with Crippen molar-refractivity contribution in [2.75, 3.05) is 0 Å². The Morgan fingerprint density at radius 3 is 2.73 bits per heavy atom.